The number of hydrogen-bond acceptors (Lipinski definition) is 1. The summed E-state index contributed by atoms with van der Waals surface area (Å²) in [5.41, 5.74) is 0. The third kappa shape index (κ3) is 5.02. The molecule has 0 aromatic carbocycles. The summed E-state index contributed by atoms with van der Waals surface area (Å²) in [7, 11) is 0. The van der Waals surface area contributed by atoms with Crippen LogP contribution < -0.4 is 0 Å². The van der Waals surface area contributed by atoms with Crippen molar-refractivity contribution in [2.75, 3.05) is 11.9 Å². The molecule has 1 saturated carbocycles. The molecule has 1 aliphatic rings. The van der Waals surface area contributed by atoms with Crippen LogP contribution in [0.5, 0.6) is 0 Å². The van der Waals surface area contributed by atoms with Gasteiger partial charge in [0.2, 0.25) is 0 Å². The van der Waals surface area contributed by atoms with Gasteiger partial charge in [0.15, 0.2) is 0 Å². The highest BCUT2D eigenvalue weighted by atomic mass is 79.9. The Morgan fingerprint density at radius 2 is 1.85 bits per heavy atom. The van der Waals surface area contributed by atoms with E-state index in [1.54, 1.807) is 0 Å². The van der Waals surface area contributed by atoms with E-state index in [-0.39, 0.29) is 0 Å². The molecule has 1 fully saturated rings. The molecule has 0 saturated heterocycles. The Labute approximate surface area is 90.4 Å². The minimum absolute atomic E-state index is 0.559. The zero-order valence-corrected chi connectivity index (χ0v) is 10.2. The van der Waals surface area contributed by atoms with Crippen LogP contribution in [0.3, 0.4) is 0 Å². The van der Waals surface area contributed by atoms with Crippen LogP contribution in [0.4, 0.5) is 0 Å². The van der Waals surface area contributed by atoms with Gasteiger partial charge in [0.05, 0.1) is 12.7 Å². The van der Waals surface area contributed by atoms with Crippen LogP contribution >= 0.6 is 15.9 Å². The molecule has 0 aromatic heterocycles. The summed E-state index contributed by atoms with van der Waals surface area (Å²) >= 11 is 3.48. The highest BCUT2D eigenvalue weighted by molar-refractivity contribution is 9.09. The lowest BCUT2D eigenvalue weighted by atomic mass is 10.1. The Hall–Kier alpha value is 0.440. The van der Waals surface area contributed by atoms with Crippen molar-refractivity contribution in [3.8, 4) is 0 Å². The monoisotopic (exact) mass is 248 g/mol. The maximum absolute atomic E-state index is 5.89. The number of halogens is 1. The Kier molecular flexibility index (Phi) is 6.05. The van der Waals surface area contributed by atoms with Crippen molar-refractivity contribution in [1.82, 2.24) is 0 Å². The minimum Gasteiger partial charge on any atom is -0.378 e. The molecule has 0 aromatic rings. The first-order valence-corrected chi connectivity index (χ1v) is 6.62. The van der Waals surface area contributed by atoms with Crippen molar-refractivity contribution < 1.29 is 4.74 Å². The highest BCUT2D eigenvalue weighted by Crippen LogP contribution is 2.20. The van der Waals surface area contributed by atoms with Gasteiger partial charge in [-0.1, -0.05) is 48.5 Å². The first kappa shape index (κ1) is 11.5. The summed E-state index contributed by atoms with van der Waals surface area (Å²) in [6.07, 6.45) is 8.69. The zero-order chi connectivity index (χ0) is 9.52. The molecule has 0 radical (unpaired) electrons. The molecular weight excluding hydrogens is 228 g/mol. The van der Waals surface area contributed by atoms with Gasteiger partial charge in [-0.2, -0.15) is 0 Å². The Morgan fingerprint density at radius 1 is 1.23 bits per heavy atom. The molecule has 0 spiro atoms. The van der Waals surface area contributed by atoms with Crippen molar-refractivity contribution >= 4 is 15.9 Å². The normalized spacial score (nSPS) is 22.6. The lowest BCUT2D eigenvalue weighted by Gasteiger charge is -2.17. The molecule has 2 heteroatoms. The molecule has 78 valence electrons. The molecule has 1 unspecified atom stereocenters. The Morgan fingerprint density at radius 3 is 2.38 bits per heavy atom. The molecule has 1 rings (SSSR count). The molecule has 0 N–H and O–H groups in total. The van der Waals surface area contributed by atoms with Crippen LogP contribution in [0, 0.1) is 5.92 Å². The van der Waals surface area contributed by atoms with Crippen LogP contribution in [-0.2, 0) is 4.74 Å². The molecule has 1 nitrogen and oxygen atoms in total. The molecule has 1 atom stereocenters. The van der Waals surface area contributed by atoms with Crippen molar-refractivity contribution in [1.29, 1.82) is 0 Å². The summed E-state index contributed by atoms with van der Waals surface area (Å²) in [5, 5.41) is 1.06. The van der Waals surface area contributed by atoms with Crippen molar-refractivity contribution in [2.24, 2.45) is 5.92 Å². The standard InChI is InChI=1S/C11H21BrO/c1-10(8-12)9-13-11-6-4-2-3-5-7-11/h10-11H,2-9H2,1H3. The van der Waals surface area contributed by atoms with E-state index in [9.17, 15) is 0 Å². The molecule has 0 bridgehead atoms. The third-order valence-corrected chi connectivity index (χ3v) is 3.79. The molecule has 1 aliphatic carbocycles. The van der Waals surface area contributed by atoms with Gasteiger partial charge >= 0.3 is 0 Å². The lowest BCUT2D eigenvalue weighted by Crippen LogP contribution is -2.17. The average Bonchev–Trinajstić information content (AvgIpc) is 2.42. The van der Waals surface area contributed by atoms with Crippen LogP contribution in [0.15, 0.2) is 0 Å². The van der Waals surface area contributed by atoms with Crippen LogP contribution in [-0.4, -0.2) is 18.0 Å². The second-order valence-electron chi connectivity index (χ2n) is 4.21. The lowest BCUT2D eigenvalue weighted by molar-refractivity contribution is 0.0279. The fraction of sp³-hybridized carbons (Fsp3) is 1.00. The Bertz CT molecular complexity index is 119. The number of hydrogen-bond donors (Lipinski definition) is 0. The van der Waals surface area contributed by atoms with Crippen molar-refractivity contribution in [2.45, 2.75) is 51.6 Å². The number of alkyl halides is 1. The summed E-state index contributed by atoms with van der Waals surface area (Å²) in [6.45, 7) is 3.15. The van der Waals surface area contributed by atoms with Gasteiger partial charge < -0.3 is 4.74 Å². The fourth-order valence-electron chi connectivity index (χ4n) is 1.75. The third-order valence-electron chi connectivity index (χ3n) is 2.68. The molecule has 0 aliphatic heterocycles. The molecule has 13 heavy (non-hydrogen) atoms. The maximum atomic E-state index is 5.89. The summed E-state index contributed by atoms with van der Waals surface area (Å²) in [5.74, 6) is 0.656. The van der Waals surface area contributed by atoms with Crippen molar-refractivity contribution in [3.05, 3.63) is 0 Å². The minimum atomic E-state index is 0.559. The second kappa shape index (κ2) is 6.83. The first-order valence-electron chi connectivity index (χ1n) is 5.50. The highest BCUT2D eigenvalue weighted by Gasteiger charge is 2.13. The van der Waals surface area contributed by atoms with Crippen LogP contribution in [0.25, 0.3) is 0 Å². The van der Waals surface area contributed by atoms with E-state index < -0.39 is 0 Å². The fourth-order valence-corrected chi connectivity index (χ4v) is 1.94. The summed E-state index contributed by atoms with van der Waals surface area (Å²) in [6, 6.07) is 0. The van der Waals surface area contributed by atoms with Crippen LogP contribution in [0.2, 0.25) is 0 Å². The zero-order valence-electron chi connectivity index (χ0n) is 8.60. The van der Waals surface area contributed by atoms with Gasteiger partial charge in [-0.15, -0.1) is 0 Å². The van der Waals surface area contributed by atoms with Crippen molar-refractivity contribution in [3.63, 3.8) is 0 Å². The second-order valence-corrected chi connectivity index (χ2v) is 4.85. The molecular formula is C11H21BrO. The van der Waals surface area contributed by atoms with E-state index in [2.05, 4.69) is 22.9 Å². The van der Waals surface area contributed by atoms with Gasteiger partial charge in [-0.3, -0.25) is 0 Å². The topological polar surface area (TPSA) is 9.23 Å². The van der Waals surface area contributed by atoms with Gasteiger partial charge in [-0.25, -0.2) is 0 Å². The van der Waals surface area contributed by atoms with Gasteiger partial charge in [0, 0.05) is 5.33 Å². The smallest absolute Gasteiger partial charge is 0.0575 e. The van der Waals surface area contributed by atoms with Crippen LogP contribution in [0.1, 0.15) is 45.4 Å². The van der Waals surface area contributed by atoms with E-state index in [1.807, 2.05) is 0 Å². The number of ether oxygens (including phenoxy) is 1. The molecule has 0 heterocycles. The maximum Gasteiger partial charge on any atom is 0.0575 e. The van der Waals surface area contributed by atoms with E-state index in [0.717, 1.165) is 11.9 Å². The van der Waals surface area contributed by atoms with E-state index in [4.69, 9.17) is 4.74 Å². The van der Waals surface area contributed by atoms with E-state index >= 15 is 0 Å². The first-order chi connectivity index (χ1) is 6.33. The predicted molar refractivity (Wildman–Crippen MR) is 60.4 cm³/mol. The van der Waals surface area contributed by atoms with Gasteiger partial charge in [-0.05, 0) is 18.8 Å². The summed E-state index contributed by atoms with van der Waals surface area (Å²) in [4.78, 5) is 0. The number of rotatable bonds is 4. The van der Waals surface area contributed by atoms with Gasteiger partial charge in [0.25, 0.3) is 0 Å². The largest absolute Gasteiger partial charge is 0.378 e. The SMILES string of the molecule is CC(CBr)COC1CCCCCC1. The van der Waals surface area contributed by atoms with E-state index in [1.165, 1.54) is 38.5 Å². The quantitative estimate of drug-likeness (QED) is 0.544. The predicted octanol–water partition coefficient (Wildman–Crippen LogP) is 3.76. The van der Waals surface area contributed by atoms with Gasteiger partial charge in [0.1, 0.15) is 0 Å². The Balaban J connectivity index is 2.11. The average molecular weight is 249 g/mol. The molecule has 0 amide bonds. The summed E-state index contributed by atoms with van der Waals surface area (Å²) < 4.78 is 5.89. The van der Waals surface area contributed by atoms with E-state index in [0.29, 0.717) is 12.0 Å².